The van der Waals surface area contributed by atoms with Gasteiger partial charge in [0.05, 0.1) is 0 Å². The van der Waals surface area contributed by atoms with Gasteiger partial charge >= 0.3 is 0 Å². The number of benzene rings is 1. The molecule has 0 aromatic heterocycles. The molecule has 4 heteroatoms. The maximum Gasteiger partial charge on any atom is 0.220 e. The number of aliphatic hydroxyl groups excluding tert-OH is 1. The monoisotopic (exact) mass is 317 g/mol. The van der Waals surface area contributed by atoms with Gasteiger partial charge in [0.15, 0.2) is 5.78 Å². The molecule has 0 bridgehead atoms. The third kappa shape index (κ3) is 5.17. The Morgan fingerprint density at radius 3 is 2.48 bits per heavy atom. The molecule has 1 aromatic rings. The van der Waals surface area contributed by atoms with Crippen LogP contribution in [0.25, 0.3) is 0 Å². The Bertz CT molecular complexity index is 524. The van der Waals surface area contributed by atoms with Gasteiger partial charge in [-0.15, -0.1) is 0 Å². The Kier molecular flexibility index (Phi) is 6.78. The first-order valence-corrected chi connectivity index (χ1v) is 8.66. The molecule has 126 valence electrons. The van der Waals surface area contributed by atoms with E-state index in [-0.39, 0.29) is 43.1 Å². The summed E-state index contributed by atoms with van der Waals surface area (Å²) in [6.07, 6.45) is 5.47. The molecule has 0 aliphatic heterocycles. The van der Waals surface area contributed by atoms with Crippen molar-refractivity contribution in [3.8, 4) is 0 Å². The van der Waals surface area contributed by atoms with Gasteiger partial charge in [-0.2, -0.15) is 0 Å². The SMILES string of the molecule is CCc1ccc(C(=O)CCC(=O)NC2CCCCC2CO)cc1. The summed E-state index contributed by atoms with van der Waals surface area (Å²) in [5, 5.41) is 12.4. The summed E-state index contributed by atoms with van der Waals surface area (Å²) in [4.78, 5) is 24.2. The van der Waals surface area contributed by atoms with Gasteiger partial charge in [-0.25, -0.2) is 0 Å². The minimum atomic E-state index is -0.0890. The van der Waals surface area contributed by atoms with E-state index in [0.29, 0.717) is 5.56 Å². The van der Waals surface area contributed by atoms with Crippen molar-refractivity contribution in [2.75, 3.05) is 6.61 Å². The summed E-state index contributed by atoms with van der Waals surface area (Å²) < 4.78 is 0. The van der Waals surface area contributed by atoms with E-state index >= 15 is 0 Å². The van der Waals surface area contributed by atoms with Crippen molar-refractivity contribution in [3.05, 3.63) is 35.4 Å². The van der Waals surface area contributed by atoms with Gasteiger partial charge in [0.25, 0.3) is 0 Å². The van der Waals surface area contributed by atoms with E-state index in [2.05, 4.69) is 12.2 Å². The van der Waals surface area contributed by atoms with E-state index < -0.39 is 0 Å². The predicted molar refractivity (Wildman–Crippen MR) is 90.4 cm³/mol. The van der Waals surface area contributed by atoms with E-state index in [1.165, 1.54) is 5.56 Å². The summed E-state index contributed by atoms with van der Waals surface area (Å²) in [7, 11) is 0. The number of amides is 1. The lowest BCUT2D eigenvalue weighted by molar-refractivity contribution is -0.122. The Morgan fingerprint density at radius 1 is 1.13 bits per heavy atom. The van der Waals surface area contributed by atoms with Crippen molar-refractivity contribution < 1.29 is 14.7 Å². The number of carbonyl (C=O) groups is 2. The van der Waals surface area contributed by atoms with Crippen molar-refractivity contribution >= 4 is 11.7 Å². The number of hydrogen-bond donors (Lipinski definition) is 2. The summed E-state index contributed by atoms with van der Waals surface area (Å²) in [5.74, 6) is 0.0732. The minimum absolute atomic E-state index is 0.00477. The lowest BCUT2D eigenvalue weighted by atomic mass is 9.85. The fourth-order valence-electron chi connectivity index (χ4n) is 3.19. The van der Waals surface area contributed by atoms with Crippen LogP contribution in [0.15, 0.2) is 24.3 Å². The smallest absolute Gasteiger partial charge is 0.220 e. The number of carbonyl (C=O) groups excluding carboxylic acids is 2. The average Bonchev–Trinajstić information content (AvgIpc) is 2.60. The number of rotatable bonds is 7. The van der Waals surface area contributed by atoms with Crippen molar-refractivity contribution in [2.24, 2.45) is 5.92 Å². The Morgan fingerprint density at radius 2 is 1.83 bits per heavy atom. The van der Waals surface area contributed by atoms with E-state index in [4.69, 9.17) is 0 Å². The molecule has 23 heavy (non-hydrogen) atoms. The Balaban J connectivity index is 1.79. The standard InChI is InChI=1S/C19H27NO3/c1-2-14-7-9-15(10-8-14)18(22)11-12-19(23)20-17-6-4-3-5-16(17)13-21/h7-10,16-17,21H,2-6,11-13H2,1H3,(H,20,23). The number of nitrogens with one attached hydrogen (secondary N) is 1. The topological polar surface area (TPSA) is 66.4 Å². The highest BCUT2D eigenvalue weighted by atomic mass is 16.3. The highest BCUT2D eigenvalue weighted by Gasteiger charge is 2.25. The van der Waals surface area contributed by atoms with Crippen LogP contribution in [0.1, 0.15) is 61.4 Å². The summed E-state index contributed by atoms with van der Waals surface area (Å²) in [5.41, 5.74) is 1.87. The molecule has 1 amide bonds. The maximum atomic E-state index is 12.1. The second-order valence-corrected chi connectivity index (χ2v) is 6.37. The fraction of sp³-hybridized carbons (Fsp3) is 0.579. The third-order valence-electron chi connectivity index (χ3n) is 4.75. The molecule has 2 unspecified atom stereocenters. The largest absolute Gasteiger partial charge is 0.396 e. The molecule has 1 saturated carbocycles. The summed E-state index contributed by atoms with van der Waals surface area (Å²) >= 11 is 0. The van der Waals surface area contributed by atoms with E-state index in [9.17, 15) is 14.7 Å². The molecule has 4 nitrogen and oxygen atoms in total. The lowest BCUT2D eigenvalue weighted by Crippen LogP contribution is -2.43. The number of aryl methyl sites for hydroxylation is 1. The molecule has 2 rings (SSSR count). The first kappa shape index (κ1) is 17.7. The van der Waals surface area contributed by atoms with Crippen molar-refractivity contribution in [2.45, 2.75) is 57.9 Å². The fourth-order valence-corrected chi connectivity index (χ4v) is 3.19. The lowest BCUT2D eigenvalue weighted by Gasteiger charge is -2.30. The van der Waals surface area contributed by atoms with Crippen molar-refractivity contribution in [1.29, 1.82) is 0 Å². The molecular formula is C19H27NO3. The van der Waals surface area contributed by atoms with Crippen LogP contribution in [0.5, 0.6) is 0 Å². The molecular weight excluding hydrogens is 290 g/mol. The molecule has 0 heterocycles. The normalized spacial score (nSPS) is 21.0. The van der Waals surface area contributed by atoms with Crippen LogP contribution in [-0.4, -0.2) is 29.4 Å². The van der Waals surface area contributed by atoms with Crippen LogP contribution < -0.4 is 5.32 Å². The molecule has 1 aliphatic carbocycles. The van der Waals surface area contributed by atoms with E-state index in [1.807, 2.05) is 24.3 Å². The number of Topliss-reactive ketones (excluding diaryl/α,β-unsaturated/α-hetero) is 1. The van der Waals surface area contributed by atoms with Crippen LogP contribution in [-0.2, 0) is 11.2 Å². The number of ketones is 1. The molecule has 2 N–H and O–H groups in total. The zero-order valence-electron chi connectivity index (χ0n) is 13.9. The van der Waals surface area contributed by atoms with Gasteiger partial charge < -0.3 is 10.4 Å². The average molecular weight is 317 g/mol. The quantitative estimate of drug-likeness (QED) is 0.760. The van der Waals surface area contributed by atoms with Crippen LogP contribution in [0.3, 0.4) is 0 Å². The molecule has 1 fully saturated rings. The summed E-state index contributed by atoms with van der Waals surface area (Å²) in [6.45, 7) is 2.19. The first-order chi connectivity index (χ1) is 11.1. The van der Waals surface area contributed by atoms with Crippen LogP contribution in [0, 0.1) is 5.92 Å². The molecule has 0 radical (unpaired) electrons. The molecule has 1 aromatic carbocycles. The third-order valence-corrected chi connectivity index (χ3v) is 4.75. The molecule has 0 spiro atoms. The zero-order valence-corrected chi connectivity index (χ0v) is 13.9. The zero-order chi connectivity index (χ0) is 16.7. The Hall–Kier alpha value is -1.68. The molecule has 0 saturated heterocycles. The Labute approximate surface area is 138 Å². The van der Waals surface area contributed by atoms with Gasteiger partial charge in [0, 0.05) is 37.0 Å². The summed E-state index contributed by atoms with van der Waals surface area (Å²) in [6, 6.07) is 7.65. The van der Waals surface area contributed by atoms with Crippen LogP contribution >= 0.6 is 0 Å². The highest BCUT2D eigenvalue weighted by Crippen LogP contribution is 2.24. The van der Waals surface area contributed by atoms with E-state index in [1.54, 1.807) is 0 Å². The van der Waals surface area contributed by atoms with Gasteiger partial charge in [0.2, 0.25) is 5.91 Å². The van der Waals surface area contributed by atoms with Crippen molar-refractivity contribution in [1.82, 2.24) is 5.32 Å². The number of aliphatic hydroxyl groups is 1. The maximum absolute atomic E-state index is 12.1. The van der Waals surface area contributed by atoms with Crippen molar-refractivity contribution in [3.63, 3.8) is 0 Å². The predicted octanol–water partition coefficient (Wildman–Crippen LogP) is 2.88. The van der Waals surface area contributed by atoms with Gasteiger partial charge in [0.1, 0.15) is 0 Å². The molecule has 1 aliphatic rings. The second-order valence-electron chi connectivity index (χ2n) is 6.37. The van der Waals surface area contributed by atoms with Crippen LogP contribution in [0.4, 0.5) is 0 Å². The second kappa shape index (κ2) is 8.82. The van der Waals surface area contributed by atoms with E-state index in [0.717, 1.165) is 32.1 Å². The first-order valence-electron chi connectivity index (χ1n) is 8.66. The number of hydrogen-bond acceptors (Lipinski definition) is 3. The van der Waals surface area contributed by atoms with Gasteiger partial charge in [-0.3, -0.25) is 9.59 Å². The van der Waals surface area contributed by atoms with Gasteiger partial charge in [-0.1, -0.05) is 44.0 Å². The van der Waals surface area contributed by atoms with Crippen LogP contribution in [0.2, 0.25) is 0 Å². The molecule has 2 atom stereocenters. The van der Waals surface area contributed by atoms with Gasteiger partial charge in [-0.05, 0) is 24.8 Å². The minimum Gasteiger partial charge on any atom is -0.396 e. The highest BCUT2D eigenvalue weighted by molar-refractivity contribution is 5.98.